The second kappa shape index (κ2) is 7.38. The molecule has 11 nitrogen and oxygen atoms in total. The van der Waals surface area contributed by atoms with Crippen molar-refractivity contribution in [1.29, 1.82) is 0 Å². The first kappa shape index (κ1) is 18.5. The molecule has 1 saturated heterocycles. The van der Waals surface area contributed by atoms with Crippen molar-refractivity contribution in [2.45, 2.75) is 34.7 Å². The standard InChI is InChI=1S/C12H14N2O9S/c15-4-7-9(16)10(17)11(18)12(23-7)24-8-2-1-5(13(19)20)3-6(8)14(21)22/h1-3,7,9-12,15-18H,4H2/t7-,9+,10+,11-,12+/m0/s1. The van der Waals surface area contributed by atoms with Crippen molar-refractivity contribution in [3.63, 3.8) is 0 Å². The second-order valence-corrected chi connectivity index (χ2v) is 6.12. The maximum absolute atomic E-state index is 11.1. The maximum Gasteiger partial charge on any atom is 0.289 e. The number of rotatable bonds is 5. The van der Waals surface area contributed by atoms with E-state index >= 15 is 0 Å². The predicted molar refractivity (Wildman–Crippen MR) is 79.4 cm³/mol. The van der Waals surface area contributed by atoms with Crippen molar-refractivity contribution in [1.82, 2.24) is 0 Å². The van der Waals surface area contributed by atoms with Crippen molar-refractivity contribution >= 4 is 23.1 Å². The summed E-state index contributed by atoms with van der Waals surface area (Å²) in [6.07, 6.45) is -5.90. The molecule has 0 aromatic heterocycles. The number of non-ortho nitro benzene ring substituents is 1. The van der Waals surface area contributed by atoms with Gasteiger partial charge in [0.2, 0.25) is 0 Å². The van der Waals surface area contributed by atoms with Crippen LogP contribution in [-0.2, 0) is 4.74 Å². The van der Waals surface area contributed by atoms with Gasteiger partial charge in [-0.1, -0.05) is 11.8 Å². The van der Waals surface area contributed by atoms with E-state index in [1.807, 2.05) is 0 Å². The quantitative estimate of drug-likeness (QED) is 0.390. The molecule has 1 aromatic rings. The summed E-state index contributed by atoms with van der Waals surface area (Å²) < 4.78 is 5.24. The Labute approximate surface area is 138 Å². The van der Waals surface area contributed by atoms with Gasteiger partial charge in [0.1, 0.15) is 29.9 Å². The smallest absolute Gasteiger partial charge is 0.289 e. The molecule has 132 valence electrons. The van der Waals surface area contributed by atoms with Crippen LogP contribution < -0.4 is 0 Å². The van der Waals surface area contributed by atoms with Crippen LogP contribution in [-0.4, -0.2) is 66.7 Å². The van der Waals surface area contributed by atoms with E-state index in [0.717, 1.165) is 18.2 Å². The lowest BCUT2D eigenvalue weighted by Crippen LogP contribution is -2.57. The second-order valence-electron chi connectivity index (χ2n) is 4.98. The zero-order valence-electron chi connectivity index (χ0n) is 12.0. The number of aliphatic hydroxyl groups excluding tert-OH is 4. The first-order chi connectivity index (χ1) is 11.3. The number of nitrogens with zero attached hydrogens (tertiary/aromatic N) is 2. The molecule has 0 unspecified atom stereocenters. The third-order valence-electron chi connectivity index (χ3n) is 3.44. The molecular formula is C12H14N2O9S. The van der Waals surface area contributed by atoms with Gasteiger partial charge in [-0.3, -0.25) is 20.2 Å². The highest BCUT2D eigenvalue weighted by Crippen LogP contribution is 2.39. The minimum Gasteiger partial charge on any atom is -0.394 e. The number of hydrogen-bond acceptors (Lipinski definition) is 10. The Morgan fingerprint density at radius 1 is 1.08 bits per heavy atom. The Morgan fingerprint density at radius 3 is 2.29 bits per heavy atom. The average molecular weight is 362 g/mol. The van der Waals surface area contributed by atoms with Gasteiger partial charge in [-0.2, -0.15) is 0 Å². The van der Waals surface area contributed by atoms with Crippen LogP contribution in [0.4, 0.5) is 11.4 Å². The van der Waals surface area contributed by atoms with E-state index < -0.39 is 57.7 Å². The molecule has 24 heavy (non-hydrogen) atoms. The molecule has 0 spiro atoms. The summed E-state index contributed by atoms with van der Waals surface area (Å²) in [6.45, 7) is -0.635. The third kappa shape index (κ3) is 3.63. The molecule has 1 fully saturated rings. The molecule has 0 bridgehead atoms. The number of thioether (sulfide) groups is 1. The lowest BCUT2D eigenvalue weighted by atomic mass is 10.0. The summed E-state index contributed by atoms with van der Waals surface area (Å²) in [4.78, 5) is 20.2. The van der Waals surface area contributed by atoms with E-state index in [2.05, 4.69) is 0 Å². The fourth-order valence-corrected chi connectivity index (χ4v) is 3.30. The molecule has 0 amide bonds. The average Bonchev–Trinajstić information content (AvgIpc) is 2.55. The molecule has 1 heterocycles. The van der Waals surface area contributed by atoms with Gasteiger partial charge >= 0.3 is 0 Å². The maximum atomic E-state index is 11.1. The third-order valence-corrected chi connectivity index (χ3v) is 4.66. The minimum atomic E-state index is -1.62. The Hall–Kier alpha value is -1.83. The number of nitro benzene ring substituents is 2. The molecule has 1 aliphatic heterocycles. The van der Waals surface area contributed by atoms with Gasteiger partial charge in [0.05, 0.1) is 27.4 Å². The summed E-state index contributed by atoms with van der Waals surface area (Å²) in [5.74, 6) is 0. The summed E-state index contributed by atoms with van der Waals surface area (Å²) in [5.41, 5.74) is -2.26. The largest absolute Gasteiger partial charge is 0.394 e. The van der Waals surface area contributed by atoms with Gasteiger partial charge in [-0.15, -0.1) is 0 Å². The van der Waals surface area contributed by atoms with Gasteiger partial charge in [0.25, 0.3) is 11.4 Å². The van der Waals surface area contributed by atoms with Crippen LogP contribution in [0.15, 0.2) is 23.1 Å². The number of benzene rings is 1. The Morgan fingerprint density at radius 2 is 1.75 bits per heavy atom. The van der Waals surface area contributed by atoms with Crippen LogP contribution in [0.25, 0.3) is 0 Å². The number of hydrogen-bond donors (Lipinski definition) is 4. The number of ether oxygens (including phenoxy) is 1. The van der Waals surface area contributed by atoms with E-state index in [1.54, 1.807) is 0 Å². The highest BCUT2D eigenvalue weighted by Gasteiger charge is 2.44. The van der Waals surface area contributed by atoms with Gasteiger partial charge in [0, 0.05) is 6.07 Å². The van der Waals surface area contributed by atoms with Crippen LogP contribution in [0, 0.1) is 20.2 Å². The van der Waals surface area contributed by atoms with Crippen molar-refractivity contribution in [3.8, 4) is 0 Å². The monoisotopic (exact) mass is 362 g/mol. The first-order valence-electron chi connectivity index (χ1n) is 6.66. The molecule has 0 saturated carbocycles. The normalized spacial score (nSPS) is 30.1. The Bertz CT molecular complexity index is 641. The highest BCUT2D eigenvalue weighted by atomic mass is 32.2. The molecule has 0 aliphatic carbocycles. The van der Waals surface area contributed by atoms with Crippen molar-refractivity contribution in [2.24, 2.45) is 0 Å². The summed E-state index contributed by atoms with van der Waals surface area (Å²) in [5, 5.41) is 60.3. The lowest BCUT2D eigenvalue weighted by molar-refractivity contribution is -0.396. The van der Waals surface area contributed by atoms with E-state index in [4.69, 9.17) is 9.84 Å². The van der Waals surface area contributed by atoms with Gasteiger partial charge in [-0.25, -0.2) is 0 Å². The predicted octanol–water partition coefficient (Wildman–Crippen LogP) is -0.605. The summed E-state index contributed by atoms with van der Waals surface area (Å²) >= 11 is 0.654. The fourth-order valence-electron chi connectivity index (χ4n) is 2.15. The topological polar surface area (TPSA) is 176 Å². The molecule has 1 aliphatic rings. The molecular weight excluding hydrogens is 348 g/mol. The van der Waals surface area contributed by atoms with Crippen LogP contribution in [0.2, 0.25) is 0 Å². The number of nitro groups is 2. The number of aliphatic hydroxyl groups is 4. The van der Waals surface area contributed by atoms with Gasteiger partial charge in [-0.05, 0) is 6.07 Å². The summed E-state index contributed by atoms with van der Waals surface area (Å²) in [7, 11) is 0. The van der Waals surface area contributed by atoms with Gasteiger partial charge < -0.3 is 25.2 Å². The van der Waals surface area contributed by atoms with E-state index in [1.165, 1.54) is 0 Å². The molecule has 12 heteroatoms. The van der Waals surface area contributed by atoms with E-state index in [0.29, 0.717) is 11.8 Å². The highest BCUT2D eigenvalue weighted by molar-refractivity contribution is 8.00. The minimum absolute atomic E-state index is 0.0325. The Kier molecular flexibility index (Phi) is 5.69. The lowest BCUT2D eigenvalue weighted by Gasteiger charge is -2.39. The van der Waals surface area contributed by atoms with Crippen molar-refractivity contribution < 1.29 is 35.0 Å². The Balaban J connectivity index is 2.29. The van der Waals surface area contributed by atoms with Crippen LogP contribution in [0.5, 0.6) is 0 Å². The molecule has 5 atom stereocenters. The van der Waals surface area contributed by atoms with Crippen molar-refractivity contribution in [2.75, 3.05) is 6.61 Å². The molecule has 0 radical (unpaired) electrons. The zero-order chi connectivity index (χ0) is 18.0. The van der Waals surface area contributed by atoms with Gasteiger partial charge in [0.15, 0.2) is 0 Å². The van der Waals surface area contributed by atoms with Crippen LogP contribution in [0.3, 0.4) is 0 Å². The van der Waals surface area contributed by atoms with Crippen molar-refractivity contribution in [3.05, 3.63) is 38.4 Å². The first-order valence-corrected chi connectivity index (χ1v) is 7.54. The SMILES string of the molecule is O=[N+]([O-])c1ccc(S[C@H]2O[C@@H](CO)[C@@H](O)[C@@H](O)[C@@H]2O)c([N+](=O)[O-])c1. The summed E-state index contributed by atoms with van der Waals surface area (Å²) in [6, 6.07) is 2.95. The van der Waals surface area contributed by atoms with Crippen LogP contribution >= 0.6 is 11.8 Å². The zero-order valence-corrected chi connectivity index (χ0v) is 12.8. The van der Waals surface area contributed by atoms with E-state index in [9.17, 15) is 35.5 Å². The molecule has 1 aromatic carbocycles. The molecule has 4 N–H and O–H groups in total. The fraction of sp³-hybridized carbons (Fsp3) is 0.500. The van der Waals surface area contributed by atoms with E-state index in [-0.39, 0.29) is 4.90 Å². The molecule has 2 rings (SSSR count). The van der Waals surface area contributed by atoms with Crippen LogP contribution in [0.1, 0.15) is 0 Å².